The first-order valence-electron chi connectivity index (χ1n) is 8.31. The SMILES string of the molecule is Cc1ccc(S(=O)(=O)OCCc2cccc(Oc3ccccc3)c2)cc1. The minimum Gasteiger partial charge on any atom is -0.457 e. The van der Waals surface area contributed by atoms with Gasteiger partial charge in [-0.25, -0.2) is 0 Å². The van der Waals surface area contributed by atoms with Gasteiger partial charge in [-0.05, 0) is 55.3 Å². The van der Waals surface area contributed by atoms with Gasteiger partial charge in [-0.1, -0.05) is 48.0 Å². The Kier molecular flexibility index (Phi) is 5.71. The Labute approximate surface area is 154 Å². The van der Waals surface area contributed by atoms with E-state index in [1.807, 2.05) is 61.5 Å². The molecule has 0 N–H and O–H groups in total. The van der Waals surface area contributed by atoms with Gasteiger partial charge >= 0.3 is 0 Å². The van der Waals surface area contributed by atoms with Crippen LogP contribution in [0.1, 0.15) is 11.1 Å². The van der Waals surface area contributed by atoms with Crippen LogP contribution in [0.25, 0.3) is 0 Å². The predicted molar refractivity (Wildman–Crippen MR) is 101 cm³/mol. The highest BCUT2D eigenvalue weighted by molar-refractivity contribution is 7.86. The van der Waals surface area contributed by atoms with E-state index in [0.717, 1.165) is 16.9 Å². The van der Waals surface area contributed by atoms with E-state index in [1.165, 1.54) is 0 Å². The van der Waals surface area contributed by atoms with Gasteiger partial charge in [0.15, 0.2) is 0 Å². The maximum Gasteiger partial charge on any atom is 0.296 e. The maximum atomic E-state index is 12.2. The van der Waals surface area contributed by atoms with Crippen LogP contribution in [0.5, 0.6) is 11.5 Å². The van der Waals surface area contributed by atoms with Crippen LogP contribution in [0.4, 0.5) is 0 Å². The molecule has 3 aromatic carbocycles. The van der Waals surface area contributed by atoms with Crippen molar-refractivity contribution in [3.05, 3.63) is 90.0 Å². The normalized spacial score (nSPS) is 11.3. The molecule has 3 aromatic rings. The topological polar surface area (TPSA) is 52.6 Å². The number of aryl methyl sites for hydroxylation is 1. The van der Waals surface area contributed by atoms with Crippen molar-refractivity contribution in [3.63, 3.8) is 0 Å². The van der Waals surface area contributed by atoms with Crippen LogP contribution in [0.2, 0.25) is 0 Å². The molecule has 0 amide bonds. The molecule has 134 valence electrons. The van der Waals surface area contributed by atoms with Crippen LogP contribution in [0.15, 0.2) is 83.8 Å². The molecule has 0 heterocycles. The Morgan fingerprint density at radius 1 is 0.808 bits per heavy atom. The van der Waals surface area contributed by atoms with Crippen LogP contribution in [0.3, 0.4) is 0 Å². The van der Waals surface area contributed by atoms with Crippen LogP contribution in [-0.2, 0) is 20.7 Å². The summed E-state index contributed by atoms with van der Waals surface area (Å²) in [5, 5.41) is 0. The fourth-order valence-corrected chi connectivity index (χ4v) is 3.34. The molecule has 0 saturated carbocycles. The molecule has 0 fully saturated rings. The average Bonchev–Trinajstić information content (AvgIpc) is 2.63. The van der Waals surface area contributed by atoms with Gasteiger partial charge in [-0.2, -0.15) is 8.42 Å². The number of para-hydroxylation sites is 1. The van der Waals surface area contributed by atoms with Crippen LogP contribution in [-0.4, -0.2) is 15.0 Å². The van der Waals surface area contributed by atoms with Gasteiger partial charge in [-0.3, -0.25) is 4.18 Å². The van der Waals surface area contributed by atoms with Crippen molar-refractivity contribution in [3.8, 4) is 11.5 Å². The predicted octanol–water partition coefficient (Wildman–Crippen LogP) is 4.74. The zero-order valence-electron chi connectivity index (χ0n) is 14.5. The molecule has 0 aromatic heterocycles. The Bertz CT molecular complexity index is 949. The molecule has 4 nitrogen and oxygen atoms in total. The average molecular weight is 368 g/mol. The van der Waals surface area contributed by atoms with Gasteiger partial charge in [0, 0.05) is 0 Å². The Hall–Kier alpha value is -2.63. The van der Waals surface area contributed by atoms with E-state index in [-0.39, 0.29) is 11.5 Å². The van der Waals surface area contributed by atoms with E-state index >= 15 is 0 Å². The van der Waals surface area contributed by atoms with Crippen LogP contribution in [0, 0.1) is 6.92 Å². The quantitative estimate of drug-likeness (QED) is 0.566. The number of hydrogen-bond acceptors (Lipinski definition) is 4. The second kappa shape index (κ2) is 8.17. The summed E-state index contributed by atoms with van der Waals surface area (Å²) in [5.41, 5.74) is 1.94. The largest absolute Gasteiger partial charge is 0.457 e. The fourth-order valence-electron chi connectivity index (χ4n) is 2.43. The van der Waals surface area contributed by atoms with Gasteiger partial charge in [-0.15, -0.1) is 0 Å². The zero-order chi connectivity index (χ0) is 18.4. The van der Waals surface area contributed by atoms with E-state index < -0.39 is 10.1 Å². The maximum absolute atomic E-state index is 12.2. The first kappa shape index (κ1) is 18.2. The van der Waals surface area contributed by atoms with Gasteiger partial charge in [0.2, 0.25) is 0 Å². The monoisotopic (exact) mass is 368 g/mol. The van der Waals surface area contributed by atoms with Gasteiger partial charge in [0.25, 0.3) is 10.1 Å². The van der Waals surface area contributed by atoms with Crippen molar-refractivity contribution in [1.29, 1.82) is 0 Å². The molecular formula is C21H20O4S. The van der Waals surface area contributed by atoms with Gasteiger partial charge in [0.1, 0.15) is 11.5 Å². The van der Waals surface area contributed by atoms with Crippen molar-refractivity contribution in [2.45, 2.75) is 18.2 Å². The Morgan fingerprint density at radius 2 is 1.50 bits per heavy atom. The Morgan fingerprint density at radius 3 is 2.23 bits per heavy atom. The van der Waals surface area contributed by atoms with Gasteiger partial charge < -0.3 is 4.74 Å². The van der Waals surface area contributed by atoms with Crippen molar-refractivity contribution >= 4 is 10.1 Å². The third-order valence-corrected chi connectivity index (χ3v) is 5.14. The lowest BCUT2D eigenvalue weighted by atomic mass is 10.1. The van der Waals surface area contributed by atoms with E-state index in [4.69, 9.17) is 8.92 Å². The highest BCUT2D eigenvalue weighted by atomic mass is 32.2. The molecule has 0 aliphatic heterocycles. The second-order valence-corrected chi connectivity index (χ2v) is 7.52. The molecule has 3 rings (SSSR count). The number of benzene rings is 3. The molecular weight excluding hydrogens is 348 g/mol. The molecule has 0 bridgehead atoms. The molecule has 5 heteroatoms. The van der Waals surface area contributed by atoms with E-state index in [1.54, 1.807) is 24.3 Å². The van der Waals surface area contributed by atoms with E-state index in [2.05, 4.69) is 0 Å². The molecule has 26 heavy (non-hydrogen) atoms. The summed E-state index contributed by atoms with van der Waals surface area (Å²) < 4.78 is 35.3. The lowest BCUT2D eigenvalue weighted by Gasteiger charge is -2.09. The number of rotatable bonds is 7. The van der Waals surface area contributed by atoms with Crippen molar-refractivity contribution in [2.75, 3.05) is 6.61 Å². The highest BCUT2D eigenvalue weighted by Gasteiger charge is 2.14. The molecule has 0 unspecified atom stereocenters. The van der Waals surface area contributed by atoms with Crippen molar-refractivity contribution in [2.24, 2.45) is 0 Å². The molecule has 0 spiro atoms. The number of ether oxygens (including phenoxy) is 1. The summed E-state index contributed by atoms with van der Waals surface area (Å²) in [6.45, 7) is 1.98. The molecule has 0 atom stereocenters. The summed E-state index contributed by atoms with van der Waals surface area (Å²) in [6.07, 6.45) is 0.469. The third kappa shape index (κ3) is 4.94. The molecule has 0 aliphatic rings. The minimum atomic E-state index is -3.74. The summed E-state index contributed by atoms with van der Waals surface area (Å²) in [4.78, 5) is 0.171. The smallest absolute Gasteiger partial charge is 0.296 e. The van der Waals surface area contributed by atoms with Crippen molar-refractivity contribution < 1.29 is 17.3 Å². The van der Waals surface area contributed by atoms with Gasteiger partial charge in [0.05, 0.1) is 11.5 Å². The Balaban J connectivity index is 1.59. The summed E-state index contributed by atoms with van der Waals surface area (Å²) >= 11 is 0. The number of hydrogen-bond donors (Lipinski definition) is 0. The summed E-state index contributed by atoms with van der Waals surface area (Å²) in [7, 11) is -3.74. The second-order valence-electron chi connectivity index (χ2n) is 5.90. The zero-order valence-corrected chi connectivity index (χ0v) is 15.3. The lowest BCUT2D eigenvalue weighted by Crippen LogP contribution is -2.09. The molecule has 0 saturated heterocycles. The van der Waals surface area contributed by atoms with Crippen molar-refractivity contribution in [1.82, 2.24) is 0 Å². The van der Waals surface area contributed by atoms with E-state index in [0.29, 0.717) is 12.2 Å². The molecule has 0 radical (unpaired) electrons. The van der Waals surface area contributed by atoms with E-state index in [9.17, 15) is 8.42 Å². The minimum absolute atomic E-state index is 0.0744. The fraction of sp³-hybridized carbons (Fsp3) is 0.143. The standard InChI is InChI=1S/C21H20O4S/c1-17-10-12-21(13-11-17)26(22,23)24-15-14-18-6-5-9-20(16-18)25-19-7-3-2-4-8-19/h2-13,16H,14-15H2,1H3. The lowest BCUT2D eigenvalue weighted by molar-refractivity contribution is 0.322. The first-order valence-corrected chi connectivity index (χ1v) is 9.72. The summed E-state index contributed by atoms with van der Waals surface area (Å²) in [5.74, 6) is 1.46. The third-order valence-electron chi connectivity index (χ3n) is 3.82. The summed E-state index contributed by atoms with van der Waals surface area (Å²) in [6, 6.07) is 23.6. The van der Waals surface area contributed by atoms with Crippen LogP contribution >= 0.6 is 0 Å². The van der Waals surface area contributed by atoms with Crippen LogP contribution < -0.4 is 4.74 Å². The highest BCUT2D eigenvalue weighted by Crippen LogP contribution is 2.22. The molecule has 0 aliphatic carbocycles. The first-order chi connectivity index (χ1) is 12.5.